The molecule has 1 N–H and O–H groups in total. The van der Waals surface area contributed by atoms with Crippen LogP contribution in [0.3, 0.4) is 0 Å². The Labute approximate surface area is 218 Å². The lowest BCUT2D eigenvalue weighted by Gasteiger charge is -2.33. The van der Waals surface area contributed by atoms with Gasteiger partial charge in [0.2, 0.25) is 21.8 Å². The van der Waals surface area contributed by atoms with Gasteiger partial charge in [-0.05, 0) is 61.2 Å². The van der Waals surface area contributed by atoms with Crippen LogP contribution in [-0.4, -0.2) is 50.5 Å². The van der Waals surface area contributed by atoms with Crippen molar-refractivity contribution in [2.45, 2.75) is 52.6 Å². The number of carbonyl (C=O) groups excluding carboxylic acids is 2. The second-order valence-electron chi connectivity index (χ2n) is 8.42. The summed E-state index contributed by atoms with van der Waals surface area (Å²) in [6.07, 6.45) is 3.17. The number of hydrogen-bond donors (Lipinski definition) is 1. The lowest BCUT2D eigenvalue weighted by atomic mass is 10.1. The van der Waals surface area contributed by atoms with Crippen LogP contribution < -0.4 is 9.62 Å². The highest BCUT2D eigenvalue weighted by molar-refractivity contribution is 7.92. The number of nitrogens with zero attached hydrogens (tertiary/aromatic N) is 2. The molecule has 2 aromatic rings. The SMILES string of the molecule is CCCCNC(=O)[C@H](CC)N(Cc1ccc(Cl)cc1)C(=O)CN(c1ccc(Cl)cc1C)S(C)(=O)=O. The molecule has 0 aliphatic rings. The zero-order valence-electron chi connectivity index (χ0n) is 20.6. The van der Waals surface area contributed by atoms with E-state index in [1.807, 2.05) is 13.8 Å². The molecule has 10 heteroatoms. The van der Waals surface area contributed by atoms with Crippen LogP contribution in [0.2, 0.25) is 10.0 Å². The summed E-state index contributed by atoms with van der Waals surface area (Å²) in [6, 6.07) is 11.0. The first-order valence-corrected chi connectivity index (χ1v) is 14.1. The number of aryl methyl sites for hydroxylation is 1. The van der Waals surface area contributed by atoms with Gasteiger partial charge in [-0.25, -0.2) is 8.42 Å². The fourth-order valence-electron chi connectivity index (χ4n) is 3.71. The molecule has 0 fully saturated rings. The fourth-order valence-corrected chi connectivity index (χ4v) is 4.97. The Morgan fingerprint density at radius 3 is 2.20 bits per heavy atom. The second kappa shape index (κ2) is 13.1. The molecule has 1 atom stereocenters. The van der Waals surface area contributed by atoms with Crippen LogP contribution in [0.25, 0.3) is 0 Å². The predicted molar refractivity (Wildman–Crippen MR) is 142 cm³/mol. The largest absolute Gasteiger partial charge is 0.354 e. The number of benzene rings is 2. The molecule has 0 radical (unpaired) electrons. The van der Waals surface area contributed by atoms with Gasteiger partial charge in [0.05, 0.1) is 11.9 Å². The smallest absolute Gasteiger partial charge is 0.244 e. The third kappa shape index (κ3) is 8.40. The Bertz CT molecular complexity index is 1120. The summed E-state index contributed by atoms with van der Waals surface area (Å²) < 4.78 is 26.5. The van der Waals surface area contributed by atoms with Crippen LogP contribution in [0.4, 0.5) is 5.69 Å². The minimum absolute atomic E-state index is 0.132. The van der Waals surface area contributed by atoms with Crippen LogP contribution >= 0.6 is 23.2 Å². The molecule has 0 aliphatic carbocycles. The van der Waals surface area contributed by atoms with E-state index in [1.165, 1.54) is 4.90 Å². The molecule has 0 saturated heterocycles. The molecular formula is C25H33Cl2N3O4S. The van der Waals surface area contributed by atoms with Gasteiger partial charge in [0.15, 0.2) is 0 Å². The normalized spacial score (nSPS) is 12.2. The van der Waals surface area contributed by atoms with Crippen molar-refractivity contribution in [2.75, 3.05) is 23.7 Å². The molecule has 0 saturated carbocycles. The standard InChI is InChI=1S/C25H33Cl2N3O4S/c1-5-7-14-28-25(32)22(6-2)29(16-19-8-10-20(26)11-9-19)24(31)17-30(35(4,33)34)23-13-12-21(27)15-18(23)3/h8-13,15,22H,5-7,14,16-17H2,1-4H3,(H,28,32)/t22-/m0/s1. The first kappa shape index (κ1) is 28.9. The molecule has 0 spiro atoms. The Balaban J connectivity index is 2.42. The molecule has 2 rings (SSSR count). The van der Waals surface area contributed by atoms with Crippen LogP contribution in [0.15, 0.2) is 42.5 Å². The lowest BCUT2D eigenvalue weighted by Crippen LogP contribution is -2.52. The highest BCUT2D eigenvalue weighted by atomic mass is 35.5. The summed E-state index contributed by atoms with van der Waals surface area (Å²) in [4.78, 5) is 28.1. The summed E-state index contributed by atoms with van der Waals surface area (Å²) in [6.45, 7) is 5.77. The number of hydrogen-bond acceptors (Lipinski definition) is 4. The summed E-state index contributed by atoms with van der Waals surface area (Å²) in [5.41, 5.74) is 1.75. The molecule has 192 valence electrons. The number of sulfonamides is 1. The van der Waals surface area contributed by atoms with Gasteiger partial charge in [0.25, 0.3) is 0 Å². The number of rotatable bonds is 12. The predicted octanol–water partition coefficient (Wildman–Crippen LogP) is 4.79. The quantitative estimate of drug-likeness (QED) is 0.391. The van der Waals surface area contributed by atoms with Gasteiger partial charge in [-0.3, -0.25) is 13.9 Å². The monoisotopic (exact) mass is 541 g/mol. The molecule has 35 heavy (non-hydrogen) atoms. The summed E-state index contributed by atoms with van der Waals surface area (Å²) in [5.74, 6) is -0.756. The van der Waals surface area contributed by atoms with Crippen LogP contribution in [0.5, 0.6) is 0 Å². The third-order valence-electron chi connectivity index (χ3n) is 5.59. The van der Waals surface area contributed by atoms with Crippen molar-refractivity contribution in [2.24, 2.45) is 0 Å². The third-order valence-corrected chi connectivity index (χ3v) is 7.20. The highest BCUT2D eigenvalue weighted by Gasteiger charge is 2.32. The number of nitrogens with one attached hydrogen (secondary N) is 1. The van der Waals surface area contributed by atoms with Gasteiger partial charge in [-0.2, -0.15) is 0 Å². The van der Waals surface area contributed by atoms with E-state index in [1.54, 1.807) is 49.4 Å². The van der Waals surface area contributed by atoms with Crippen molar-refractivity contribution in [3.05, 3.63) is 63.6 Å². The number of anilines is 1. The highest BCUT2D eigenvalue weighted by Crippen LogP contribution is 2.26. The number of amides is 2. The molecule has 2 amide bonds. The number of carbonyl (C=O) groups is 2. The maximum absolute atomic E-state index is 13.6. The van der Waals surface area contributed by atoms with E-state index in [2.05, 4.69) is 5.32 Å². The topological polar surface area (TPSA) is 86.8 Å². The summed E-state index contributed by atoms with van der Waals surface area (Å²) in [5, 5.41) is 3.91. The average Bonchev–Trinajstić information content (AvgIpc) is 2.78. The number of halogens is 2. The van der Waals surface area contributed by atoms with E-state index >= 15 is 0 Å². The Hall–Kier alpha value is -2.29. The van der Waals surface area contributed by atoms with E-state index in [0.29, 0.717) is 34.3 Å². The van der Waals surface area contributed by atoms with Gasteiger partial charge in [-0.15, -0.1) is 0 Å². The minimum Gasteiger partial charge on any atom is -0.354 e. The number of unbranched alkanes of at least 4 members (excludes halogenated alkanes) is 1. The van der Waals surface area contributed by atoms with Crippen LogP contribution in [0.1, 0.15) is 44.2 Å². The Morgan fingerprint density at radius 1 is 1.03 bits per heavy atom. The summed E-state index contributed by atoms with van der Waals surface area (Å²) in [7, 11) is -3.81. The van der Waals surface area contributed by atoms with E-state index in [0.717, 1.165) is 29.0 Å². The van der Waals surface area contributed by atoms with Crippen LogP contribution in [-0.2, 0) is 26.2 Å². The molecule has 2 aromatic carbocycles. The van der Waals surface area contributed by atoms with E-state index in [9.17, 15) is 18.0 Å². The average molecular weight is 543 g/mol. The van der Waals surface area contributed by atoms with Gasteiger partial charge >= 0.3 is 0 Å². The Kier molecular flexibility index (Phi) is 10.9. The van der Waals surface area contributed by atoms with Crippen molar-refractivity contribution in [1.82, 2.24) is 10.2 Å². The first-order chi connectivity index (χ1) is 16.5. The van der Waals surface area contributed by atoms with Crippen molar-refractivity contribution >= 4 is 50.7 Å². The minimum atomic E-state index is -3.81. The van der Waals surface area contributed by atoms with E-state index in [-0.39, 0.29) is 12.5 Å². The molecular weight excluding hydrogens is 509 g/mol. The zero-order chi connectivity index (χ0) is 26.2. The van der Waals surface area contributed by atoms with E-state index < -0.39 is 28.5 Å². The van der Waals surface area contributed by atoms with Gasteiger partial charge in [-0.1, -0.05) is 55.6 Å². The Morgan fingerprint density at radius 2 is 1.66 bits per heavy atom. The molecule has 0 aliphatic heterocycles. The van der Waals surface area contributed by atoms with Gasteiger partial charge in [0.1, 0.15) is 12.6 Å². The molecule has 7 nitrogen and oxygen atoms in total. The maximum atomic E-state index is 13.6. The van der Waals surface area contributed by atoms with Gasteiger partial charge < -0.3 is 10.2 Å². The summed E-state index contributed by atoms with van der Waals surface area (Å²) >= 11 is 12.1. The molecule has 0 heterocycles. The second-order valence-corrected chi connectivity index (χ2v) is 11.2. The lowest BCUT2D eigenvalue weighted by molar-refractivity contribution is -0.140. The van der Waals surface area contributed by atoms with Crippen LogP contribution in [0, 0.1) is 6.92 Å². The van der Waals surface area contributed by atoms with Crippen molar-refractivity contribution < 1.29 is 18.0 Å². The van der Waals surface area contributed by atoms with Crippen molar-refractivity contribution in [3.63, 3.8) is 0 Å². The maximum Gasteiger partial charge on any atom is 0.244 e. The fraction of sp³-hybridized carbons (Fsp3) is 0.440. The van der Waals surface area contributed by atoms with Crippen molar-refractivity contribution in [3.8, 4) is 0 Å². The first-order valence-electron chi connectivity index (χ1n) is 11.5. The van der Waals surface area contributed by atoms with E-state index in [4.69, 9.17) is 23.2 Å². The molecule has 0 aromatic heterocycles. The van der Waals surface area contributed by atoms with Gasteiger partial charge in [0, 0.05) is 23.1 Å². The van der Waals surface area contributed by atoms with Crippen molar-refractivity contribution in [1.29, 1.82) is 0 Å². The molecule has 0 unspecified atom stereocenters. The molecule has 0 bridgehead atoms. The zero-order valence-corrected chi connectivity index (χ0v) is 22.9.